The zero-order valence-electron chi connectivity index (χ0n) is 7.91. The molecule has 5 heteroatoms. The van der Waals surface area contributed by atoms with Crippen molar-refractivity contribution in [1.82, 2.24) is 0 Å². The van der Waals surface area contributed by atoms with Gasteiger partial charge in [0.25, 0.3) is 0 Å². The summed E-state index contributed by atoms with van der Waals surface area (Å²) in [5.74, 6) is 0.530. The van der Waals surface area contributed by atoms with E-state index in [1.165, 1.54) is 11.8 Å². The molecule has 0 saturated heterocycles. The van der Waals surface area contributed by atoms with Crippen molar-refractivity contribution in [2.45, 2.75) is 25.7 Å². The highest BCUT2D eigenvalue weighted by atomic mass is 32.2. The van der Waals surface area contributed by atoms with Gasteiger partial charge in [-0.05, 0) is 19.3 Å². The summed E-state index contributed by atoms with van der Waals surface area (Å²) in [5, 5.41) is 7.66. The van der Waals surface area contributed by atoms with Crippen LogP contribution < -0.4 is 5.73 Å². The Labute approximate surface area is 93.3 Å². The minimum Gasteiger partial charge on any atom is -0.370 e. The van der Waals surface area contributed by atoms with Crippen LogP contribution in [-0.2, 0) is 4.79 Å². The van der Waals surface area contributed by atoms with Crippen LogP contribution in [0.25, 0.3) is 0 Å². The quantitative estimate of drug-likeness (QED) is 0.723. The minimum absolute atomic E-state index is 0.169. The van der Waals surface area contributed by atoms with Crippen molar-refractivity contribution in [3.8, 4) is 0 Å². The van der Waals surface area contributed by atoms with Crippen LogP contribution in [-0.4, -0.2) is 21.6 Å². The van der Waals surface area contributed by atoms with E-state index < -0.39 is 0 Å². The first-order valence-electron chi connectivity index (χ1n) is 4.63. The van der Waals surface area contributed by atoms with E-state index in [1.54, 1.807) is 0 Å². The van der Waals surface area contributed by atoms with Crippen LogP contribution in [0.4, 0.5) is 0 Å². The summed E-state index contributed by atoms with van der Waals surface area (Å²) >= 11 is 6.71. The second-order valence-electron chi connectivity index (χ2n) is 3.35. The lowest BCUT2D eigenvalue weighted by atomic mass is 10.1. The summed E-state index contributed by atoms with van der Waals surface area (Å²) in [6, 6.07) is 0. The van der Waals surface area contributed by atoms with Crippen molar-refractivity contribution in [3.05, 3.63) is 0 Å². The molecule has 0 aromatic carbocycles. The number of carbonyl (C=O) groups is 1. The number of hydrogen-bond donors (Lipinski definition) is 2. The maximum atomic E-state index is 10.5. The molecule has 1 fully saturated rings. The number of nitrogens with one attached hydrogen (secondary N) is 1. The second-order valence-corrected chi connectivity index (χ2v) is 5.19. The van der Waals surface area contributed by atoms with Crippen LogP contribution in [0.1, 0.15) is 25.7 Å². The van der Waals surface area contributed by atoms with Crippen molar-refractivity contribution in [3.63, 3.8) is 0 Å². The lowest BCUT2D eigenvalue weighted by Crippen LogP contribution is -2.15. The Morgan fingerprint density at radius 1 is 1.71 bits per heavy atom. The summed E-state index contributed by atoms with van der Waals surface area (Å²) in [5.41, 5.74) is 5.77. The second kappa shape index (κ2) is 5.46. The smallest absolute Gasteiger partial charge is 0.218 e. The number of rotatable bonds is 4. The van der Waals surface area contributed by atoms with Gasteiger partial charge in [-0.1, -0.05) is 12.2 Å². The summed E-state index contributed by atoms with van der Waals surface area (Å²) < 4.78 is 0.855. The molecule has 3 N–H and O–H groups in total. The molecule has 0 spiro atoms. The lowest BCUT2D eigenvalue weighted by molar-refractivity contribution is -0.117. The van der Waals surface area contributed by atoms with Crippen LogP contribution >= 0.6 is 24.0 Å². The molecule has 1 aliphatic carbocycles. The molecule has 14 heavy (non-hydrogen) atoms. The summed E-state index contributed by atoms with van der Waals surface area (Å²) in [7, 11) is 0. The molecule has 1 unspecified atom stereocenters. The molecule has 1 rings (SSSR count). The first-order chi connectivity index (χ1) is 6.61. The number of carbonyl (C=O) groups excluding carboxylic acids is 1. The topological polar surface area (TPSA) is 66.9 Å². The molecular formula is C9H14N2OS2. The summed E-state index contributed by atoms with van der Waals surface area (Å²) in [6.45, 7) is 0. The number of primary amides is 1. The Hall–Kier alpha value is -0.420. The normalized spacial score (nSPS) is 21.1. The van der Waals surface area contributed by atoms with Gasteiger partial charge in [0.1, 0.15) is 0 Å². The number of hydrogen-bond acceptors (Lipinski definition) is 4. The number of thioether (sulfide) groups is 1. The third-order valence-electron chi connectivity index (χ3n) is 2.24. The van der Waals surface area contributed by atoms with Crippen molar-refractivity contribution in [1.29, 1.82) is 5.41 Å². The van der Waals surface area contributed by atoms with E-state index in [-0.39, 0.29) is 11.8 Å². The van der Waals surface area contributed by atoms with E-state index in [0.717, 1.165) is 29.2 Å². The van der Waals surface area contributed by atoms with Crippen LogP contribution in [0.2, 0.25) is 0 Å². The number of thiocarbonyl (C=S) groups is 1. The van der Waals surface area contributed by atoms with Crippen molar-refractivity contribution < 1.29 is 4.79 Å². The maximum Gasteiger partial charge on any atom is 0.218 e. The van der Waals surface area contributed by atoms with Crippen molar-refractivity contribution in [2.24, 2.45) is 11.7 Å². The van der Waals surface area contributed by atoms with Gasteiger partial charge in [-0.15, -0.1) is 11.8 Å². The molecule has 0 aromatic rings. The van der Waals surface area contributed by atoms with E-state index in [4.69, 9.17) is 23.4 Å². The standard InChI is InChI=1S/C9H14N2OS2/c10-7-3-1-2-6(7)9(13)14-5-4-8(11)12/h6,10H,1-5H2,(H2,11,12). The average molecular weight is 230 g/mol. The Morgan fingerprint density at radius 3 is 2.93 bits per heavy atom. The highest BCUT2D eigenvalue weighted by Gasteiger charge is 2.24. The molecule has 0 heterocycles. The fourth-order valence-electron chi connectivity index (χ4n) is 1.46. The van der Waals surface area contributed by atoms with Gasteiger partial charge in [0.05, 0.1) is 4.20 Å². The minimum atomic E-state index is -0.290. The predicted molar refractivity (Wildman–Crippen MR) is 63.9 cm³/mol. The van der Waals surface area contributed by atoms with Gasteiger partial charge in [-0.25, -0.2) is 0 Å². The molecule has 3 nitrogen and oxygen atoms in total. The Balaban J connectivity index is 2.27. The first kappa shape index (κ1) is 11.7. The number of nitrogens with two attached hydrogens (primary N) is 1. The molecule has 0 aliphatic heterocycles. The van der Waals surface area contributed by atoms with E-state index in [0.29, 0.717) is 12.2 Å². The lowest BCUT2D eigenvalue weighted by Gasteiger charge is -2.10. The van der Waals surface area contributed by atoms with E-state index >= 15 is 0 Å². The highest BCUT2D eigenvalue weighted by Crippen LogP contribution is 2.28. The third-order valence-corrected chi connectivity index (χ3v) is 3.85. The highest BCUT2D eigenvalue weighted by molar-refractivity contribution is 8.23. The molecule has 0 bridgehead atoms. The van der Waals surface area contributed by atoms with Crippen LogP contribution in [0.5, 0.6) is 0 Å². The van der Waals surface area contributed by atoms with Crippen molar-refractivity contribution >= 4 is 39.8 Å². The van der Waals surface area contributed by atoms with Crippen LogP contribution in [0.3, 0.4) is 0 Å². The largest absolute Gasteiger partial charge is 0.370 e. The zero-order chi connectivity index (χ0) is 10.6. The molecule has 78 valence electrons. The zero-order valence-corrected chi connectivity index (χ0v) is 9.55. The maximum absolute atomic E-state index is 10.5. The van der Waals surface area contributed by atoms with Gasteiger partial charge in [0.15, 0.2) is 0 Å². The predicted octanol–water partition coefficient (Wildman–Crippen LogP) is 1.74. The van der Waals surface area contributed by atoms with E-state index in [2.05, 4.69) is 0 Å². The summed E-state index contributed by atoms with van der Waals surface area (Å²) in [4.78, 5) is 10.5. The SMILES string of the molecule is N=C1CCCC1C(=S)SCCC(N)=O. The molecule has 1 amide bonds. The molecule has 1 aliphatic rings. The summed E-state index contributed by atoms with van der Waals surface area (Å²) in [6.07, 6.45) is 3.31. The molecular weight excluding hydrogens is 216 g/mol. The average Bonchev–Trinajstić information content (AvgIpc) is 2.50. The van der Waals surface area contributed by atoms with E-state index in [9.17, 15) is 4.79 Å². The molecule has 0 aromatic heterocycles. The van der Waals surface area contributed by atoms with Crippen molar-refractivity contribution in [2.75, 3.05) is 5.75 Å². The molecule has 1 saturated carbocycles. The molecule has 1 atom stereocenters. The Bertz CT molecular complexity index is 266. The fourth-order valence-corrected chi connectivity index (χ4v) is 2.93. The Kier molecular flexibility index (Phi) is 4.54. The van der Waals surface area contributed by atoms with Gasteiger partial charge < -0.3 is 11.1 Å². The van der Waals surface area contributed by atoms with Gasteiger partial charge in [-0.3, -0.25) is 4.79 Å². The van der Waals surface area contributed by atoms with Gasteiger partial charge in [-0.2, -0.15) is 0 Å². The number of amides is 1. The van der Waals surface area contributed by atoms with Gasteiger partial charge in [0.2, 0.25) is 5.91 Å². The van der Waals surface area contributed by atoms with Gasteiger partial charge in [0, 0.05) is 23.8 Å². The van der Waals surface area contributed by atoms with Gasteiger partial charge >= 0.3 is 0 Å². The van der Waals surface area contributed by atoms with E-state index in [1.807, 2.05) is 0 Å². The third kappa shape index (κ3) is 3.38. The Morgan fingerprint density at radius 2 is 2.43 bits per heavy atom. The fraction of sp³-hybridized carbons (Fsp3) is 0.667. The van der Waals surface area contributed by atoms with Crippen LogP contribution in [0, 0.1) is 11.3 Å². The van der Waals surface area contributed by atoms with Crippen LogP contribution in [0.15, 0.2) is 0 Å². The monoisotopic (exact) mass is 230 g/mol. The molecule has 0 radical (unpaired) electrons. The first-order valence-corrected chi connectivity index (χ1v) is 6.03.